The van der Waals surface area contributed by atoms with E-state index in [0.29, 0.717) is 18.5 Å². The zero-order valence-electron chi connectivity index (χ0n) is 11.0. The number of hydrogen-bond acceptors (Lipinski definition) is 3. The molecule has 2 heterocycles. The van der Waals surface area contributed by atoms with Crippen molar-refractivity contribution in [1.82, 2.24) is 15.5 Å². The third kappa shape index (κ3) is 3.96. The van der Waals surface area contributed by atoms with Crippen molar-refractivity contribution in [3.63, 3.8) is 0 Å². The molecule has 0 spiro atoms. The first-order chi connectivity index (χ1) is 8.13. The number of piperidine rings is 1. The Hall–Kier alpha value is -0.610. The number of amides is 1. The molecule has 2 aliphatic rings. The molecule has 0 bridgehead atoms. The Morgan fingerprint density at radius 3 is 2.59 bits per heavy atom. The molecule has 2 rings (SSSR count). The number of nitrogens with zero attached hydrogens (tertiary/aromatic N) is 1. The van der Waals surface area contributed by atoms with E-state index in [1.54, 1.807) is 0 Å². The average molecular weight is 239 g/mol. The fourth-order valence-electron chi connectivity index (χ4n) is 2.85. The fourth-order valence-corrected chi connectivity index (χ4v) is 2.85. The van der Waals surface area contributed by atoms with Crippen molar-refractivity contribution >= 4 is 5.91 Å². The van der Waals surface area contributed by atoms with E-state index in [9.17, 15) is 4.79 Å². The van der Waals surface area contributed by atoms with Gasteiger partial charge in [0.25, 0.3) is 0 Å². The van der Waals surface area contributed by atoms with Crippen LogP contribution in [0.2, 0.25) is 0 Å². The van der Waals surface area contributed by atoms with Gasteiger partial charge in [0.05, 0.1) is 0 Å². The largest absolute Gasteiger partial charge is 0.354 e. The van der Waals surface area contributed by atoms with E-state index in [1.807, 2.05) is 0 Å². The molecule has 4 heteroatoms. The first kappa shape index (κ1) is 12.8. The van der Waals surface area contributed by atoms with Crippen molar-refractivity contribution in [2.75, 3.05) is 26.2 Å². The van der Waals surface area contributed by atoms with Crippen LogP contribution < -0.4 is 10.6 Å². The lowest BCUT2D eigenvalue weighted by atomic mass is 10.0. The Balaban J connectivity index is 1.67. The van der Waals surface area contributed by atoms with Crippen molar-refractivity contribution in [2.24, 2.45) is 5.92 Å². The van der Waals surface area contributed by atoms with Crippen LogP contribution >= 0.6 is 0 Å². The zero-order chi connectivity index (χ0) is 12.3. The molecule has 4 nitrogen and oxygen atoms in total. The van der Waals surface area contributed by atoms with Crippen molar-refractivity contribution in [1.29, 1.82) is 0 Å². The molecule has 2 N–H and O–H groups in total. The second kappa shape index (κ2) is 5.83. The van der Waals surface area contributed by atoms with Crippen LogP contribution in [0.4, 0.5) is 0 Å². The number of likely N-dealkylation sites (tertiary alicyclic amines) is 1. The summed E-state index contributed by atoms with van der Waals surface area (Å²) in [4.78, 5) is 13.7. The van der Waals surface area contributed by atoms with Crippen LogP contribution in [0.15, 0.2) is 0 Å². The van der Waals surface area contributed by atoms with E-state index in [1.165, 1.54) is 32.5 Å². The molecule has 1 amide bonds. The summed E-state index contributed by atoms with van der Waals surface area (Å²) in [6.45, 7) is 8.98. The van der Waals surface area contributed by atoms with Gasteiger partial charge in [-0.05, 0) is 31.8 Å². The molecule has 0 aromatic heterocycles. The van der Waals surface area contributed by atoms with Gasteiger partial charge in [0.2, 0.25) is 5.91 Å². The number of carbonyl (C=O) groups excluding carboxylic acids is 1. The predicted octanol–water partition coefficient (Wildman–Crippen LogP) is 0.585. The molecule has 0 aliphatic carbocycles. The minimum Gasteiger partial charge on any atom is -0.354 e. The molecule has 98 valence electrons. The summed E-state index contributed by atoms with van der Waals surface area (Å²) in [5.74, 6) is 0.955. The third-order valence-corrected chi connectivity index (χ3v) is 3.66. The van der Waals surface area contributed by atoms with Crippen LogP contribution in [-0.2, 0) is 4.79 Å². The summed E-state index contributed by atoms with van der Waals surface area (Å²) in [5.41, 5.74) is 0. The summed E-state index contributed by atoms with van der Waals surface area (Å²) >= 11 is 0. The lowest BCUT2D eigenvalue weighted by molar-refractivity contribution is -0.119. The highest BCUT2D eigenvalue weighted by Gasteiger charge is 2.26. The lowest BCUT2D eigenvalue weighted by Crippen LogP contribution is -2.47. The van der Waals surface area contributed by atoms with Gasteiger partial charge in [0.1, 0.15) is 0 Å². The molecular formula is C13H25N3O. The molecule has 0 saturated carbocycles. The van der Waals surface area contributed by atoms with E-state index in [4.69, 9.17) is 0 Å². The molecule has 0 radical (unpaired) electrons. The Bertz CT molecular complexity index is 259. The standard InChI is InChI=1S/C13H25N3O/c1-10(2)9-16-5-3-11(4-6-16)15-12-7-13(17)14-8-12/h10-12,15H,3-9H2,1-2H3,(H,14,17). The monoisotopic (exact) mass is 239 g/mol. The van der Waals surface area contributed by atoms with Crippen molar-refractivity contribution in [3.8, 4) is 0 Å². The number of carbonyl (C=O) groups is 1. The molecule has 0 aromatic carbocycles. The quantitative estimate of drug-likeness (QED) is 0.754. The highest BCUT2D eigenvalue weighted by molar-refractivity contribution is 5.78. The summed E-state index contributed by atoms with van der Waals surface area (Å²) in [5, 5.41) is 6.49. The maximum Gasteiger partial charge on any atom is 0.221 e. The maximum atomic E-state index is 11.1. The van der Waals surface area contributed by atoms with E-state index in [2.05, 4.69) is 29.4 Å². The minimum atomic E-state index is 0.194. The Labute approximate surface area is 104 Å². The van der Waals surface area contributed by atoms with Crippen LogP contribution in [-0.4, -0.2) is 49.1 Å². The normalized spacial score (nSPS) is 27.7. The molecule has 17 heavy (non-hydrogen) atoms. The fraction of sp³-hybridized carbons (Fsp3) is 0.923. The predicted molar refractivity (Wildman–Crippen MR) is 68.9 cm³/mol. The van der Waals surface area contributed by atoms with Gasteiger partial charge in [0.15, 0.2) is 0 Å². The van der Waals surface area contributed by atoms with Gasteiger partial charge < -0.3 is 15.5 Å². The van der Waals surface area contributed by atoms with Gasteiger partial charge >= 0.3 is 0 Å². The summed E-state index contributed by atoms with van der Waals surface area (Å²) in [6, 6.07) is 0.972. The number of nitrogens with one attached hydrogen (secondary N) is 2. The van der Waals surface area contributed by atoms with Crippen LogP contribution in [0.3, 0.4) is 0 Å². The molecule has 2 aliphatic heterocycles. The van der Waals surface area contributed by atoms with Gasteiger partial charge in [-0.2, -0.15) is 0 Å². The SMILES string of the molecule is CC(C)CN1CCC(NC2CNC(=O)C2)CC1. The topological polar surface area (TPSA) is 44.4 Å². The number of hydrogen-bond donors (Lipinski definition) is 2. The number of rotatable bonds is 4. The van der Waals surface area contributed by atoms with Gasteiger partial charge in [-0.15, -0.1) is 0 Å². The van der Waals surface area contributed by atoms with Crippen LogP contribution in [0.1, 0.15) is 33.1 Å². The minimum absolute atomic E-state index is 0.194. The zero-order valence-corrected chi connectivity index (χ0v) is 11.0. The lowest BCUT2D eigenvalue weighted by Gasteiger charge is -2.34. The molecule has 1 unspecified atom stereocenters. The van der Waals surface area contributed by atoms with Gasteiger partial charge in [-0.25, -0.2) is 0 Å². The highest BCUT2D eigenvalue weighted by atomic mass is 16.1. The molecule has 2 saturated heterocycles. The second-order valence-corrected chi connectivity index (χ2v) is 5.84. The van der Waals surface area contributed by atoms with Crippen molar-refractivity contribution in [3.05, 3.63) is 0 Å². The summed E-state index contributed by atoms with van der Waals surface area (Å²) in [6.07, 6.45) is 3.10. The van der Waals surface area contributed by atoms with Crippen LogP contribution in [0, 0.1) is 5.92 Å². The Morgan fingerprint density at radius 1 is 1.35 bits per heavy atom. The van der Waals surface area contributed by atoms with Crippen molar-refractivity contribution < 1.29 is 4.79 Å². The second-order valence-electron chi connectivity index (χ2n) is 5.84. The van der Waals surface area contributed by atoms with E-state index in [0.717, 1.165) is 12.5 Å². The Kier molecular flexibility index (Phi) is 4.40. The molecular weight excluding hydrogens is 214 g/mol. The van der Waals surface area contributed by atoms with E-state index >= 15 is 0 Å². The van der Waals surface area contributed by atoms with Gasteiger partial charge in [-0.1, -0.05) is 13.8 Å². The third-order valence-electron chi connectivity index (χ3n) is 3.66. The van der Waals surface area contributed by atoms with E-state index < -0.39 is 0 Å². The summed E-state index contributed by atoms with van der Waals surface area (Å²) < 4.78 is 0. The first-order valence-electron chi connectivity index (χ1n) is 6.88. The molecule has 1 atom stereocenters. The summed E-state index contributed by atoms with van der Waals surface area (Å²) in [7, 11) is 0. The average Bonchev–Trinajstić information content (AvgIpc) is 2.66. The maximum absolute atomic E-state index is 11.1. The van der Waals surface area contributed by atoms with Gasteiger partial charge in [0, 0.05) is 31.6 Å². The smallest absolute Gasteiger partial charge is 0.221 e. The first-order valence-corrected chi connectivity index (χ1v) is 6.88. The highest BCUT2D eigenvalue weighted by Crippen LogP contribution is 2.13. The van der Waals surface area contributed by atoms with Crippen molar-refractivity contribution in [2.45, 2.75) is 45.2 Å². The van der Waals surface area contributed by atoms with Crippen LogP contribution in [0.25, 0.3) is 0 Å². The van der Waals surface area contributed by atoms with Crippen LogP contribution in [0.5, 0.6) is 0 Å². The molecule has 2 fully saturated rings. The van der Waals surface area contributed by atoms with E-state index in [-0.39, 0.29) is 5.91 Å². The van der Waals surface area contributed by atoms with Gasteiger partial charge in [-0.3, -0.25) is 4.79 Å². The Morgan fingerprint density at radius 2 is 2.06 bits per heavy atom. The molecule has 0 aromatic rings.